The molecule has 0 aromatic heterocycles. The largest absolute Gasteiger partial charge is 0.484 e. The summed E-state index contributed by atoms with van der Waals surface area (Å²) in [7, 11) is 0. The molecule has 30 heavy (non-hydrogen) atoms. The van der Waals surface area contributed by atoms with Gasteiger partial charge in [0, 0.05) is 30.9 Å². The van der Waals surface area contributed by atoms with E-state index in [2.05, 4.69) is 17.6 Å². The Labute approximate surface area is 176 Å². The molecule has 1 aliphatic rings. The third-order valence-corrected chi connectivity index (χ3v) is 5.02. The Morgan fingerprint density at radius 3 is 2.40 bits per heavy atom. The van der Waals surface area contributed by atoms with E-state index in [1.165, 1.54) is 5.56 Å². The minimum absolute atomic E-state index is 0.0477. The van der Waals surface area contributed by atoms with Gasteiger partial charge in [0.1, 0.15) is 5.75 Å². The van der Waals surface area contributed by atoms with Gasteiger partial charge in [0.2, 0.25) is 11.8 Å². The van der Waals surface area contributed by atoms with E-state index >= 15 is 0 Å². The predicted octanol–water partition coefficient (Wildman–Crippen LogP) is 2.76. The summed E-state index contributed by atoms with van der Waals surface area (Å²) in [5, 5.41) is 5.51. The van der Waals surface area contributed by atoms with E-state index in [-0.39, 0.29) is 30.7 Å². The molecule has 0 saturated carbocycles. The van der Waals surface area contributed by atoms with Crippen molar-refractivity contribution >= 4 is 29.1 Å². The van der Waals surface area contributed by atoms with Crippen molar-refractivity contribution in [2.24, 2.45) is 5.92 Å². The molecular formula is C23H27N3O4. The summed E-state index contributed by atoms with van der Waals surface area (Å²) in [6.45, 7) is 4.79. The van der Waals surface area contributed by atoms with Crippen LogP contribution in [0.4, 0.5) is 11.4 Å². The molecule has 2 aromatic carbocycles. The standard InChI is InChI=1S/C23H27N3O4/c1-3-16-5-9-19(10-6-16)26-14-17(13-22(26)28)23(29)25-18-7-11-20(12-8-18)30-15-21(27)24-4-2/h5-12,17H,3-4,13-15H2,1-2H3,(H,24,27)(H,25,29). The Morgan fingerprint density at radius 2 is 1.77 bits per heavy atom. The zero-order chi connectivity index (χ0) is 21.5. The van der Waals surface area contributed by atoms with Gasteiger partial charge in [-0.15, -0.1) is 0 Å². The number of nitrogens with one attached hydrogen (secondary N) is 2. The Kier molecular flexibility index (Phi) is 7.06. The molecule has 1 unspecified atom stereocenters. The maximum Gasteiger partial charge on any atom is 0.257 e. The van der Waals surface area contributed by atoms with Crippen LogP contribution in [-0.2, 0) is 20.8 Å². The molecule has 2 aromatic rings. The molecule has 1 saturated heterocycles. The van der Waals surface area contributed by atoms with Crippen molar-refractivity contribution in [3.63, 3.8) is 0 Å². The number of benzene rings is 2. The summed E-state index contributed by atoms with van der Waals surface area (Å²) < 4.78 is 5.40. The molecule has 1 atom stereocenters. The Hall–Kier alpha value is -3.35. The quantitative estimate of drug-likeness (QED) is 0.702. The van der Waals surface area contributed by atoms with Gasteiger partial charge in [0.05, 0.1) is 5.92 Å². The number of aryl methyl sites for hydroxylation is 1. The van der Waals surface area contributed by atoms with Crippen molar-refractivity contribution in [2.45, 2.75) is 26.7 Å². The summed E-state index contributed by atoms with van der Waals surface area (Å²) in [6.07, 6.45) is 1.13. The average molecular weight is 409 g/mol. The highest BCUT2D eigenvalue weighted by Gasteiger charge is 2.35. The van der Waals surface area contributed by atoms with Gasteiger partial charge < -0.3 is 20.3 Å². The molecule has 1 heterocycles. The zero-order valence-corrected chi connectivity index (χ0v) is 17.3. The minimum Gasteiger partial charge on any atom is -0.484 e. The zero-order valence-electron chi connectivity index (χ0n) is 17.3. The first-order chi connectivity index (χ1) is 14.5. The second-order valence-corrected chi connectivity index (χ2v) is 7.18. The highest BCUT2D eigenvalue weighted by atomic mass is 16.5. The van der Waals surface area contributed by atoms with Crippen molar-refractivity contribution in [3.05, 3.63) is 54.1 Å². The highest BCUT2D eigenvalue weighted by molar-refractivity contribution is 6.03. The molecule has 3 rings (SSSR count). The Bertz CT molecular complexity index is 894. The first kappa shape index (κ1) is 21.4. The van der Waals surface area contributed by atoms with E-state index in [0.29, 0.717) is 24.5 Å². The molecule has 0 spiro atoms. The topological polar surface area (TPSA) is 87.7 Å². The molecule has 7 heteroatoms. The Morgan fingerprint density at radius 1 is 1.07 bits per heavy atom. The van der Waals surface area contributed by atoms with E-state index in [1.807, 2.05) is 31.2 Å². The molecule has 0 radical (unpaired) electrons. The summed E-state index contributed by atoms with van der Waals surface area (Å²) in [5.74, 6) is -0.288. The maximum absolute atomic E-state index is 12.6. The lowest BCUT2D eigenvalue weighted by Gasteiger charge is -2.17. The third kappa shape index (κ3) is 5.37. The number of hydrogen-bond acceptors (Lipinski definition) is 4. The van der Waals surface area contributed by atoms with Gasteiger partial charge in [-0.05, 0) is 55.3 Å². The van der Waals surface area contributed by atoms with Crippen molar-refractivity contribution in [1.82, 2.24) is 5.32 Å². The number of carbonyl (C=O) groups is 3. The number of ether oxygens (including phenoxy) is 1. The van der Waals surface area contributed by atoms with Gasteiger partial charge in [-0.25, -0.2) is 0 Å². The van der Waals surface area contributed by atoms with Crippen LogP contribution in [-0.4, -0.2) is 37.4 Å². The first-order valence-corrected chi connectivity index (χ1v) is 10.2. The number of hydrogen-bond donors (Lipinski definition) is 2. The molecule has 158 valence electrons. The first-order valence-electron chi connectivity index (χ1n) is 10.2. The van der Waals surface area contributed by atoms with Crippen molar-refractivity contribution < 1.29 is 19.1 Å². The molecule has 2 N–H and O–H groups in total. The molecule has 1 aliphatic heterocycles. The number of anilines is 2. The van der Waals surface area contributed by atoms with Gasteiger partial charge in [-0.2, -0.15) is 0 Å². The summed E-state index contributed by atoms with van der Waals surface area (Å²) in [5.41, 5.74) is 2.64. The van der Waals surface area contributed by atoms with Crippen LogP contribution < -0.4 is 20.3 Å². The number of carbonyl (C=O) groups excluding carboxylic acids is 3. The lowest BCUT2D eigenvalue weighted by Crippen LogP contribution is -2.28. The van der Waals surface area contributed by atoms with Crippen LogP contribution in [0.3, 0.4) is 0 Å². The smallest absolute Gasteiger partial charge is 0.257 e. The van der Waals surface area contributed by atoms with Crippen LogP contribution in [0.1, 0.15) is 25.8 Å². The monoisotopic (exact) mass is 409 g/mol. The summed E-state index contributed by atoms with van der Waals surface area (Å²) >= 11 is 0. The van der Waals surface area contributed by atoms with E-state index < -0.39 is 5.92 Å². The van der Waals surface area contributed by atoms with Gasteiger partial charge in [-0.1, -0.05) is 19.1 Å². The number of nitrogens with zero attached hydrogens (tertiary/aromatic N) is 1. The van der Waals surface area contributed by atoms with Gasteiger partial charge >= 0.3 is 0 Å². The predicted molar refractivity (Wildman–Crippen MR) is 116 cm³/mol. The SMILES string of the molecule is CCNC(=O)COc1ccc(NC(=O)C2CC(=O)N(c3ccc(CC)cc3)C2)cc1. The molecule has 7 nitrogen and oxygen atoms in total. The average Bonchev–Trinajstić information content (AvgIpc) is 3.15. The molecule has 0 aliphatic carbocycles. The lowest BCUT2D eigenvalue weighted by atomic mass is 10.1. The van der Waals surface area contributed by atoms with Crippen molar-refractivity contribution in [1.29, 1.82) is 0 Å². The number of rotatable bonds is 8. The second-order valence-electron chi connectivity index (χ2n) is 7.18. The van der Waals surface area contributed by atoms with E-state index in [0.717, 1.165) is 12.1 Å². The van der Waals surface area contributed by atoms with Crippen LogP contribution in [0.15, 0.2) is 48.5 Å². The van der Waals surface area contributed by atoms with E-state index in [4.69, 9.17) is 4.74 Å². The molecule has 0 bridgehead atoms. The van der Waals surface area contributed by atoms with Crippen molar-refractivity contribution in [3.8, 4) is 5.75 Å². The van der Waals surface area contributed by atoms with Crippen LogP contribution >= 0.6 is 0 Å². The fourth-order valence-electron chi connectivity index (χ4n) is 3.32. The molecule has 1 fully saturated rings. The number of amides is 3. The fraction of sp³-hybridized carbons (Fsp3) is 0.348. The van der Waals surface area contributed by atoms with E-state index in [1.54, 1.807) is 29.2 Å². The second kappa shape index (κ2) is 9.91. The fourth-order valence-corrected chi connectivity index (χ4v) is 3.32. The van der Waals surface area contributed by atoms with Crippen LogP contribution in [0.5, 0.6) is 5.75 Å². The normalized spacial score (nSPS) is 15.7. The summed E-state index contributed by atoms with van der Waals surface area (Å²) in [6, 6.07) is 14.7. The van der Waals surface area contributed by atoms with Gasteiger partial charge in [-0.3, -0.25) is 14.4 Å². The van der Waals surface area contributed by atoms with Gasteiger partial charge in [0.15, 0.2) is 6.61 Å². The van der Waals surface area contributed by atoms with Crippen LogP contribution in [0.25, 0.3) is 0 Å². The molecule has 3 amide bonds. The lowest BCUT2D eigenvalue weighted by molar-refractivity contribution is -0.123. The molecular weight excluding hydrogens is 382 g/mol. The van der Waals surface area contributed by atoms with Crippen LogP contribution in [0, 0.1) is 5.92 Å². The highest BCUT2D eigenvalue weighted by Crippen LogP contribution is 2.26. The minimum atomic E-state index is -0.406. The Balaban J connectivity index is 1.54. The van der Waals surface area contributed by atoms with Crippen LogP contribution in [0.2, 0.25) is 0 Å². The number of likely N-dealkylation sites (N-methyl/N-ethyl adjacent to an activating group) is 1. The van der Waals surface area contributed by atoms with E-state index in [9.17, 15) is 14.4 Å². The maximum atomic E-state index is 12.6. The third-order valence-electron chi connectivity index (χ3n) is 5.02. The van der Waals surface area contributed by atoms with Crippen molar-refractivity contribution in [2.75, 3.05) is 29.9 Å². The van der Waals surface area contributed by atoms with Gasteiger partial charge in [0.25, 0.3) is 5.91 Å². The summed E-state index contributed by atoms with van der Waals surface area (Å²) in [4.78, 5) is 38.2.